The second-order valence-electron chi connectivity index (χ2n) is 9.02. The number of pyridine rings is 1. The number of amides is 1. The monoisotopic (exact) mass is 534 g/mol. The molecule has 1 aromatic heterocycles. The van der Waals surface area contributed by atoms with E-state index in [1.807, 2.05) is 37.3 Å². The van der Waals surface area contributed by atoms with E-state index >= 15 is 0 Å². The van der Waals surface area contributed by atoms with E-state index in [4.69, 9.17) is 4.74 Å². The van der Waals surface area contributed by atoms with Crippen LogP contribution in [-0.2, 0) is 16.1 Å². The molecule has 0 spiro atoms. The molecule has 1 amide bonds. The van der Waals surface area contributed by atoms with Crippen molar-refractivity contribution in [3.05, 3.63) is 99.3 Å². The van der Waals surface area contributed by atoms with Gasteiger partial charge in [0.25, 0.3) is 11.7 Å². The summed E-state index contributed by atoms with van der Waals surface area (Å²) >= 11 is 3.43. The van der Waals surface area contributed by atoms with Crippen LogP contribution in [-0.4, -0.2) is 33.3 Å². The predicted octanol–water partition coefficient (Wildman–Crippen LogP) is 5.81. The third-order valence-corrected chi connectivity index (χ3v) is 6.35. The van der Waals surface area contributed by atoms with E-state index in [1.54, 1.807) is 36.7 Å². The molecule has 6 nitrogen and oxygen atoms in total. The lowest BCUT2D eigenvalue weighted by Gasteiger charge is -2.25. The maximum Gasteiger partial charge on any atom is 0.295 e. The number of aliphatic hydroxyl groups excluding tert-OH is 1. The van der Waals surface area contributed by atoms with E-state index < -0.39 is 17.7 Å². The molecule has 180 valence electrons. The van der Waals surface area contributed by atoms with Crippen molar-refractivity contribution >= 4 is 33.4 Å². The minimum Gasteiger partial charge on any atom is -0.507 e. The van der Waals surface area contributed by atoms with Crippen LogP contribution in [0.25, 0.3) is 5.76 Å². The number of halogens is 1. The van der Waals surface area contributed by atoms with Crippen molar-refractivity contribution in [2.75, 3.05) is 6.61 Å². The van der Waals surface area contributed by atoms with Crippen LogP contribution < -0.4 is 4.74 Å². The van der Waals surface area contributed by atoms with Crippen molar-refractivity contribution in [2.45, 2.75) is 33.4 Å². The summed E-state index contributed by atoms with van der Waals surface area (Å²) in [5.74, 6) is -0.474. The third-order valence-electron chi connectivity index (χ3n) is 5.82. The molecule has 1 aliphatic rings. The van der Waals surface area contributed by atoms with Gasteiger partial charge in [-0.25, -0.2) is 0 Å². The molecular formula is C28H27BrN2O4. The molecule has 3 aromatic rings. The molecule has 7 heteroatoms. The number of carbonyl (C=O) groups is 2. The number of aryl methyl sites for hydroxylation is 1. The zero-order valence-corrected chi connectivity index (χ0v) is 21.5. The van der Waals surface area contributed by atoms with Gasteiger partial charge in [-0.3, -0.25) is 14.6 Å². The molecule has 4 rings (SSSR count). The van der Waals surface area contributed by atoms with E-state index in [0.29, 0.717) is 18.1 Å². The minimum absolute atomic E-state index is 0.0662. The second kappa shape index (κ2) is 10.4. The number of hydrogen-bond acceptors (Lipinski definition) is 5. The Kier molecular flexibility index (Phi) is 7.36. The fourth-order valence-electron chi connectivity index (χ4n) is 4.09. The van der Waals surface area contributed by atoms with Gasteiger partial charge in [-0.2, -0.15) is 0 Å². The van der Waals surface area contributed by atoms with E-state index in [-0.39, 0.29) is 17.9 Å². The summed E-state index contributed by atoms with van der Waals surface area (Å²) < 4.78 is 6.72. The van der Waals surface area contributed by atoms with Crippen molar-refractivity contribution < 1.29 is 19.4 Å². The van der Waals surface area contributed by atoms with Crippen LogP contribution in [0.15, 0.2) is 77.0 Å². The van der Waals surface area contributed by atoms with Gasteiger partial charge in [0.05, 0.1) is 18.2 Å². The first-order chi connectivity index (χ1) is 16.8. The summed E-state index contributed by atoms with van der Waals surface area (Å²) in [7, 11) is 0. The number of aromatic nitrogens is 1. The Bertz CT molecular complexity index is 1270. The van der Waals surface area contributed by atoms with Crippen molar-refractivity contribution in [1.29, 1.82) is 0 Å². The molecule has 1 fully saturated rings. The first kappa shape index (κ1) is 24.7. The fraction of sp³-hybridized carbons (Fsp3) is 0.250. The molecule has 0 saturated carbocycles. The highest BCUT2D eigenvalue weighted by atomic mass is 79.9. The molecule has 1 aliphatic heterocycles. The quantitative estimate of drug-likeness (QED) is 0.235. The predicted molar refractivity (Wildman–Crippen MR) is 138 cm³/mol. The number of benzene rings is 2. The van der Waals surface area contributed by atoms with Crippen LogP contribution >= 0.6 is 15.9 Å². The Balaban J connectivity index is 1.78. The van der Waals surface area contributed by atoms with Gasteiger partial charge >= 0.3 is 0 Å². The zero-order valence-electron chi connectivity index (χ0n) is 19.9. The first-order valence-electron chi connectivity index (χ1n) is 11.4. The summed E-state index contributed by atoms with van der Waals surface area (Å²) in [6.07, 6.45) is 3.32. The Morgan fingerprint density at radius 1 is 1.14 bits per heavy atom. The molecule has 0 unspecified atom stereocenters. The molecule has 1 N–H and O–H groups in total. The fourth-order valence-corrected chi connectivity index (χ4v) is 4.36. The minimum atomic E-state index is -0.736. The number of rotatable bonds is 7. The Hall–Kier alpha value is -3.45. The SMILES string of the molecule is Cc1cc(C(O)=C2C(=O)C(=O)N(Cc3cccnc3)[C@H]2c2ccc(Br)cc2)ccc1OCC(C)C. The van der Waals surface area contributed by atoms with Gasteiger partial charge in [-0.1, -0.05) is 48.0 Å². The molecule has 35 heavy (non-hydrogen) atoms. The normalized spacial score (nSPS) is 17.3. The average Bonchev–Trinajstić information content (AvgIpc) is 3.09. The third kappa shape index (κ3) is 5.30. The highest BCUT2D eigenvalue weighted by Gasteiger charge is 2.46. The van der Waals surface area contributed by atoms with Gasteiger partial charge < -0.3 is 14.7 Å². The largest absolute Gasteiger partial charge is 0.507 e. The van der Waals surface area contributed by atoms with Crippen LogP contribution in [0.4, 0.5) is 0 Å². The number of nitrogens with zero attached hydrogens (tertiary/aromatic N) is 2. The van der Waals surface area contributed by atoms with Crippen molar-refractivity contribution in [3.8, 4) is 5.75 Å². The van der Waals surface area contributed by atoms with Crippen LogP contribution in [0, 0.1) is 12.8 Å². The number of Topliss-reactive ketones (excluding diaryl/α,β-unsaturated/α-hetero) is 1. The topological polar surface area (TPSA) is 79.7 Å². The number of likely N-dealkylation sites (tertiary alicyclic amines) is 1. The van der Waals surface area contributed by atoms with Gasteiger partial charge in [0.1, 0.15) is 11.5 Å². The smallest absolute Gasteiger partial charge is 0.295 e. The number of carbonyl (C=O) groups excluding carboxylic acids is 2. The summed E-state index contributed by atoms with van der Waals surface area (Å²) in [6.45, 7) is 6.80. The molecule has 1 saturated heterocycles. The highest BCUT2D eigenvalue weighted by molar-refractivity contribution is 9.10. The first-order valence-corrected chi connectivity index (χ1v) is 12.2. The molecule has 0 aliphatic carbocycles. The van der Waals surface area contributed by atoms with Crippen molar-refractivity contribution in [2.24, 2.45) is 5.92 Å². The number of hydrogen-bond donors (Lipinski definition) is 1. The van der Waals surface area contributed by atoms with E-state index in [1.165, 1.54) is 4.90 Å². The Morgan fingerprint density at radius 3 is 2.51 bits per heavy atom. The summed E-state index contributed by atoms with van der Waals surface area (Å²) in [4.78, 5) is 32.0. The number of ether oxygens (including phenoxy) is 1. The molecular weight excluding hydrogens is 508 g/mol. The Morgan fingerprint density at radius 2 is 1.89 bits per heavy atom. The molecule has 0 radical (unpaired) electrons. The van der Waals surface area contributed by atoms with Gasteiger partial charge in [0.15, 0.2) is 0 Å². The second-order valence-corrected chi connectivity index (χ2v) is 9.94. The maximum absolute atomic E-state index is 13.2. The van der Waals surface area contributed by atoms with Crippen LogP contribution in [0.3, 0.4) is 0 Å². The van der Waals surface area contributed by atoms with E-state index in [0.717, 1.165) is 26.9 Å². The van der Waals surface area contributed by atoms with Gasteiger partial charge in [-0.15, -0.1) is 0 Å². The van der Waals surface area contributed by atoms with Gasteiger partial charge in [-0.05, 0) is 65.9 Å². The number of aliphatic hydroxyl groups is 1. The molecule has 1 atom stereocenters. The zero-order chi connectivity index (χ0) is 25.1. The summed E-state index contributed by atoms with van der Waals surface area (Å²) in [6, 6.07) is 15.6. The molecule has 2 heterocycles. The van der Waals surface area contributed by atoms with E-state index in [2.05, 4.69) is 34.8 Å². The van der Waals surface area contributed by atoms with Gasteiger partial charge in [0.2, 0.25) is 0 Å². The highest BCUT2D eigenvalue weighted by Crippen LogP contribution is 2.41. The average molecular weight is 535 g/mol. The Labute approximate surface area is 213 Å². The standard InChI is InChI=1S/C28H27BrN2O4/c1-17(2)16-35-23-11-8-21(13-18(23)3)26(32)24-25(20-6-9-22(29)10-7-20)31(28(34)27(24)33)15-19-5-4-12-30-14-19/h4-14,17,25,32H,15-16H2,1-3H3/t25-/m0/s1. The summed E-state index contributed by atoms with van der Waals surface area (Å²) in [5, 5.41) is 11.3. The van der Waals surface area contributed by atoms with Crippen LogP contribution in [0.2, 0.25) is 0 Å². The lowest BCUT2D eigenvalue weighted by atomic mass is 9.94. The van der Waals surface area contributed by atoms with Crippen molar-refractivity contribution in [3.63, 3.8) is 0 Å². The lowest BCUT2D eigenvalue weighted by Crippen LogP contribution is -2.29. The summed E-state index contributed by atoms with van der Waals surface area (Å²) in [5.41, 5.74) is 2.88. The van der Waals surface area contributed by atoms with E-state index in [9.17, 15) is 14.7 Å². The van der Waals surface area contributed by atoms with Crippen LogP contribution in [0.1, 0.15) is 42.1 Å². The number of ketones is 1. The lowest BCUT2D eigenvalue weighted by molar-refractivity contribution is -0.140. The van der Waals surface area contributed by atoms with Crippen molar-refractivity contribution in [1.82, 2.24) is 9.88 Å². The molecule has 0 bridgehead atoms. The molecule has 2 aromatic carbocycles. The van der Waals surface area contributed by atoms with Gasteiger partial charge in [0, 0.05) is 29.0 Å². The maximum atomic E-state index is 13.2. The van der Waals surface area contributed by atoms with Crippen LogP contribution in [0.5, 0.6) is 5.75 Å².